The number of benzene rings is 1. The maximum absolute atomic E-state index is 13.0. The highest BCUT2D eigenvalue weighted by Crippen LogP contribution is 2.36. The van der Waals surface area contributed by atoms with Crippen molar-refractivity contribution in [3.8, 4) is 5.75 Å². The van der Waals surface area contributed by atoms with Gasteiger partial charge in [-0.15, -0.1) is 0 Å². The highest BCUT2D eigenvalue weighted by molar-refractivity contribution is 5.38. The molecule has 0 amide bonds. The second-order valence-electron chi connectivity index (χ2n) is 5.16. The van der Waals surface area contributed by atoms with Crippen LogP contribution in [-0.2, 0) is 6.18 Å². The Kier molecular flexibility index (Phi) is 4.91. The standard InChI is InChI=1S/C15H20F3NO/c1-2-7-20-14-9-12(11-3-5-19-6-4-11)8-13(10-14)15(16,17)18/h8-11,19H,2-7H2,1H3. The summed E-state index contributed by atoms with van der Waals surface area (Å²) < 4.78 is 44.3. The molecule has 1 saturated heterocycles. The predicted molar refractivity (Wildman–Crippen MR) is 72.1 cm³/mol. The van der Waals surface area contributed by atoms with Gasteiger partial charge in [-0.05, 0) is 62.0 Å². The Morgan fingerprint density at radius 2 is 1.90 bits per heavy atom. The van der Waals surface area contributed by atoms with Gasteiger partial charge in [0, 0.05) is 0 Å². The Labute approximate surface area is 117 Å². The van der Waals surface area contributed by atoms with Crippen molar-refractivity contribution in [1.82, 2.24) is 5.32 Å². The Hall–Kier alpha value is -1.23. The molecule has 0 aliphatic carbocycles. The fraction of sp³-hybridized carbons (Fsp3) is 0.600. The fourth-order valence-corrected chi connectivity index (χ4v) is 2.48. The van der Waals surface area contributed by atoms with Gasteiger partial charge in [0.1, 0.15) is 5.75 Å². The van der Waals surface area contributed by atoms with E-state index in [0.29, 0.717) is 12.4 Å². The average Bonchev–Trinajstić information content (AvgIpc) is 2.45. The van der Waals surface area contributed by atoms with Crippen molar-refractivity contribution in [2.75, 3.05) is 19.7 Å². The van der Waals surface area contributed by atoms with E-state index in [0.717, 1.165) is 44.0 Å². The summed E-state index contributed by atoms with van der Waals surface area (Å²) in [5.41, 5.74) is 0.132. The van der Waals surface area contributed by atoms with Crippen molar-refractivity contribution in [2.24, 2.45) is 0 Å². The molecule has 0 aromatic heterocycles. The summed E-state index contributed by atoms with van der Waals surface area (Å²) in [7, 11) is 0. The molecule has 2 rings (SSSR count). The fourth-order valence-electron chi connectivity index (χ4n) is 2.48. The molecule has 0 atom stereocenters. The molecular formula is C15H20F3NO. The van der Waals surface area contributed by atoms with Crippen LogP contribution in [0.25, 0.3) is 0 Å². The lowest BCUT2D eigenvalue weighted by molar-refractivity contribution is -0.137. The summed E-state index contributed by atoms with van der Waals surface area (Å²) in [6.07, 6.45) is -1.81. The summed E-state index contributed by atoms with van der Waals surface area (Å²) in [4.78, 5) is 0. The third-order valence-electron chi connectivity index (χ3n) is 3.54. The Morgan fingerprint density at radius 1 is 1.20 bits per heavy atom. The molecule has 1 heterocycles. The first-order valence-electron chi connectivity index (χ1n) is 7.06. The summed E-state index contributed by atoms with van der Waals surface area (Å²) >= 11 is 0. The van der Waals surface area contributed by atoms with Crippen molar-refractivity contribution >= 4 is 0 Å². The predicted octanol–water partition coefficient (Wildman–Crippen LogP) is 3.96. The molecule has 1 N–H and O–H groups in total. The maximum atomic E-state index is 13.0. The van der Waals surface area contributed by atoms with Gasteiger partial charge < -0.3 is 10.1 Å². The monoisotopic (exact) mass is 287 g/mol. The molecule has 1 aromatic carbocycles. The van der Waals surface area contributed by atoms with Crippen molar-refractivity contribution in [2.45, 2.75) is 38.3 Å². The molecule has 112 valence electrons. The van der Waals surface area contributed by atoms with Crippen LogP contribution in [0.2, 0.25) is 0 Å². The zero-order valence-electron chi connectivity index (χ0n) is 11.6. The minimum absolute atomic E-state index is 0.183. The minimum Gasteiger partial charge on any atom is -0.494 e. The second kappa shape index (κ2) is 6.48. The molecule has 0 saturated carbocycles. The average molecular weight is 287 g/mol. The summed E-state index contributed by atoms with van der Waals surface area (Å²) in [6.45, 7) is 4.08. The zero-order valence-corrected chi connectivity index (χ0v) is 11.6. The first kappa shape index (κ1) is 15.2. The molecule has 1 aliphatic rings. The van der Waals surface area contributed by atoms with Crippen LogP contribution in [0.15, 0.2) is 18.2 Å². The number of alkyl halides is 3. The molecule has 1 aromatic rings. The van der Waals surface area contributed by atoms with Gasteiger partial charge in [0.05, 0.1) is 12.2 Å². The maximum Gasteiger partial charge on any atom is 0.416 e. The van der Waals surface area contributed by atoms with E-state index in [4.69, 9.17) is 4.74 Å². The number of hydrogen-bond donors (Lipinski definition) is 1. The molecule has 0 bridgehead atoms. The summed E-state index contributed by atoms with van der Waals surface area (Å²) in [5.74, 6) is 0.512. The van der Waals surface area contributed by atoms with Crippen LogP contribution in [0, 0.1) is 0 Å². The zero-order chi connectivity index (χ0) is 14.6. The Morgan fingerprint density at radius 3 is 2.50 bits per heavy atom. The number of rotatable bonds is 4. The van der Waals surface area contributed by atoms with Crippen LogP contribution in [0.3, 0.4) is 0 Å². The third-order valence-corrected chi connectivity index (χ3v) is 3.54. The van der Waals surface area contributed by atoms with Crippen molar-refractivity contribution in [1.29, 1.82) is 0 Å². The van der Waals surface area contributed by atoms with Crippen LogP contribution in [0.1, 0.15) is 43.2 Å². The van der Waals surface area contributed by atoms with Gasteiger partial charge in [0.2, 0.25) is 0 Å². The highest BCUT2D eigenvalue weighted by atomic mass is 19.4. The van der Waals surface area contributed by atoms with Crippen LogP contribution >= 0.6 is 0 Å². The Bertz CT molecular complexity index is 439. The minimum atomic E-state index is -4.33. The number of ether oxygens (including phenoxy) is 1. The van der Waals surface area contributed by atoms with E-state index in [1.54, 1.807) is 6.07 Å². The molecule has 0 spiro atoms. The largest absolute Gasteiger partial charge is 0.494 e. The molecule has 1 fully saturated rings. The van der Waals surface area contributed by atoms with Crippen molar-refractivity contribution < 1.29 is 17.9 Å². The lowest BCUT2D eigenvalue weighted by Crippen LogP contribution is -2.26. The van der Waals surface area contributed by atoms with Crippen LogP contribution < -0.4 is 10.1 Å². The quantitative estimate of drug-likeness (QED) is 0.905. The smallest absolute Gasteiger partial charge is 0.416 e. The molecule has 5 heteroatoms. The number of hydrogen-bond acceptors (Lipinski definition) is 2. The van der Waals surface area contributed by atoms with Crippen molar-refractivity contribution in [3.05, 3.63) is 29.3 Å². The van der Waals surface area contributed by atoms with Gasteiger partial charge in [0.25, 0.3) is 0 Å². The van der Waals surface area contributed by atoms with Gasteiger partial charge >= 0.3 is 6.18 Å². The molecule has 20 heavy (non-hydrogen) atoms. The number of nitrogens with one attached hydrogen (secondary N) is 1. The number of piperidine rings is 1. The lowest BCUT2D eigenvalue weighted by atomic mass is 9.89. The summed E-state index contributed by atoms with van der Waals surface area (Å²) in [5, 5.41) is 3.22. The SMILES string of the molecule is CCCOc1cc(C2CCNCC2)cc(C(F)(F)F)c1. The van der Waals surface area contributed by atoms with E-state index in [2.05, 4.69) is 5.32 Å². The van der Waals surface area contributed by atoms with Crippen LogP contribution in [0.4, 0.5) is 13.2 Å². The first-order valence-corrected chi connectivity index (χ1v) is 7.06. The van der Waals surface area contributed by atoms with E-state index in [-0.39, 0.29) is 5.92 Å². The second-order valence-corrected chi connectivity index (χ2v) is 5.16. The van der Waals surface area contributed by atoms with Gasteiger partial charge in [-0.3, -0.25) is 0 Å². The number of halogens is 3. The first-order chi connectivity index (χ1) is 9.50. The molecule has 2 nitrogen and oxygen atoms in total. The van der Waals surface area contributed by atoms with Crippen LogP contribution in [-0.4, -0.2) is 19.7 Å². The summed E-state index contributed by atoms with van der Waals surface area (Å²) in [6, 6.07) is 4.13. The van der Waals surface area contributed by atoms with Crippen molar-refractivity contribution in [3.63, 3.8) is 0 Å². The Balaban J connectivity index is 2.29. The van der Waals surface area contributed by atoms with E-state index in [9.17, 15) is 13.2 Å². The lowest BCUT2D eigenvalue weighted by Gasteiger charge is -2.24. The normalized spacial score (nSPS) is 17.2. The van der Waals surface area contributed by atoms with E-state index in [1.807, 2.05) is 6.92 Å². The van der Waals surface area contributed by atoms with Gasteiger partial charge in [-0.1, -0.05) is 6.92 Å². The van der Waals surface area contributed by atoms with E-state index in [1.165, 1.54) is 6.07 Å². The van der Waals surface area contributed by atoms with Crippen LogP contribution in [0.5, 0.6) is 5.75 Å². The van der Waals surface area contributed by atoms with Gasteiger partial charge in [0.15, 0.2) is 0 Å². The highest BCUT2D eigenvalue weighted by Gasteiger charge is 2.32. The molecule has 0 unspecified atom stereocenters. The van der Waals surface area contributed by atoms with E-state index < -0.39 is 11.7 Å². The van der Waals surface area contributed by atoms with Gasteiger partial charge in [-0.25, -0.2) is 0 Å². The topological polar surface area (TPSA) is 21.3 Å². The van der Waals surface area contributed by atoms with Gasteiger partial charge in [-0.2, -0.15) is 13.2 Å². The third kappa shape index (κ3) is 3.88. The van der Waals surface area contributed by atoms with E-state index >= 15 is 0 Å². The molecular weight excluding hydrogens is 267 g/mol. The molecule has 0 radical (unpaired) electrons. The molecule has 1 aliphatic heterocycles.